The smallest absolute Gasteiger partial charge is 0.251 e. The van der Waals surface area contributed by atoms with Crippen LogP contribution in [0, 0.1) is 5.92 Å². The third-order valence-electron chi connectivity index (χ3n) is 3.30. The standard InChI is InChI=1S/C18H27FN2O2.ClH/c1-12(2)16(20)14(10-19)11-23-15-8-6-13(7-9-15)17(22)21-18(3,4)5;/h6-10,12,16H,11,20H2,1-5H3,(H,21,22);1H/b14-10-;/t16-;/m0./s1. The van der Waals surface area contributed by atoms with Crippen molar-refractivity contribution in [3.05, 3.63) is 41.7 Å². The zero-order chi connectivity index (χ0) is 17.6. The van der Waals surface area contributed by atoms with Crippen LogP contribution >= 0.6 is 12.4 Å². The van der Waals surface area contributed by atoms with Crippen LogP contribution in [0.4, 0.5) is 4.39 Å². The quantitative estimate of drug-likeness (QED) is 0.811. The van der Waals surface area contributed by atoms with Gasteiger partial charge in [-0.05, 0) is 51.0 Å². The Morgan fingerprint density at radius 2 is 1.83 bits per heavy atom. The molecule has 0 saturated carbocycles. The maximum absolute atomic E-state index is 12.9. The summed E-state index contributed by atoms with van der Waals surface area (Å²) in [6.45, 7) is 9.71. The second kappa shape index (κ2) is 9.64. The van der Waals surface area contributed by atoms with E-state index in [1.807, 2.05) is 34.6 Å². The van der Waals surface area contributed by atoms with Crippen molar-refractivity contribution in [2.45, 2.75) is 46.2 Å². The van der Waals surface area contributed by atoms with Gasteiger partial charge in [0.05, 0.1) is 6.33 Å². The van der Waals surface area contributed by atoms with Gasteiger partial charge in [0.15, 0.2) is 0 Å². The predicted octanol–water partition coefficient (Wildman–Crippen LogP) is 3.85. The first kappa shape index (κ1) is 22.4. The molecular weight excluding hydrogens is 331 g/mol. The van der Waals surface area contributed by atoms with Crippen molar-refractivity contribution in [2.75, 3.05) is 6.61 Å². The van der Waals surface area contributed by atoms with Crippen LogP contribution in [-0.2, 0) is 0 Å². The lowest BCUT2D eigenvalue weighted by Gasteiger charge is -2.20. The van der Waals surface area contributed by atoms with Gasteiger partial charge in [-0.15, -0.1) is 12.4 Å². The van der Waals surface area contributed by atoms with E-state index in [-0.39, 0.29) is 42.4 Å². The van der Waals surface area contributed by atoms with Gasteiger partial charge >= 0.3 is 0 Å². The average Bonchev–Trinajstić information content (AvgIpc) is 2.46. The van der Waals surface area contributed by atoms with Crippen molar-refractivity contribution in [1.82, 2.24) is 5.32 Å². The molecule has 0 aliphatic heterocycles. The van der Waals surface area contributed by atoms with Crippen molar-refractivity contribution in [3.8, 4) is 5.75 Å². The summed E-state index contributed by atoms with van der Waals surface area (Å²) >= 11 is 0. The third-order valence-corrected chi connectivity index (χ3v) is 3.30. The van der Waals surface area contributed by atoms with E-state index in [1.54, 1.807) is 24.3 Å². The van der Waals surface area contributed by atoms with Crippen molar-refractivity contribution >= 4 is 18.3 Å². The number of halogens is 2. The van der Waals surface area contributed by atoms with E-state index in [9.17, 15) is 9.18 Å². The Hall–Kier alpha value is -1.59. The molecule has 3 N–H and O–H groups in total. The summed E-state index contributed by atoms with van der Waals surface area (Å²) in [5.41, 5.74) is 6.59. The first-order valence-electron chi connectivity index (χ1n) is 7.74. The van der Waals surface area contributed by atoms with Crippen LogP contribution in [0.15, 0.2) is 36.2 Å². The Morgan fingerprint density at radius 1 is 1.29 bits per heavy atom. The number of benzene rings is 1. The molecule has 0 saturated heterocycles. The highest BCUT2D eigenvalue weighted by Gasteiger charge is 2.16. The largest absolute Gasteiger partial charge is 0.489 e. The van der Waals surface area contributed by atoms with Gasteiger partial charge < -0.3 is 15.8 Å². The Kier molecular flexibility index (Phi) is 9.01. The Morgan fingerprint density at radius 3 is 2.25 bits per heavy atom. The van der Waals surface area contributed by atoms with Crippen LogP contribution in [0.25, 0.3) is 0 Å². The number of carbonyl (C=O) groups excluding carboxylic acids is 1. The summed E-state index contributed by atoms with van der Waals surface area (Å²) in [5.74, 6) is 0.548. The fourth-order valence-electron chi connectivity index (χ4n) is 1.91. The number of carbonyl (C=O) groups is 1. The molecule has 136 valence electrons. The number of nitrogens with two attached hydrogens (primary N) is 1. The highest BCUT2D eigenvalue weighted by Crippen LogP contribution is 2.16. The van der Waals surface area contributed by atoms with Crippen LogP contribution in [0.5, 0.6) is 5.75 Å². The molecule has 1 aromatic rings. The molecule has 0 aliphatic carbocycles. The molecule has 0 aromatic heterocycles. The summed E-state index contributed by atoms with van der Waals surface area (Å²) in [7, 11) is 0. The lowest BCUT2D eigenvalue weighted by molar-refractivity contribution is 0.0919. The fraction of sp³-hybridized carbons (Fsp3) is 0.500. The zero-order valence-electron chi connectivity index (χ0n) is 14.9. The molecule has 0 aliphatic rings. The second-order valence-electron chi connectivity index (χ2n) is 6.97. The maximum atomic E-state index is 12.9. The van der Waals surface area contributed by atoms with Gasteiger partial charge in [0.2, 0.25) is 0 Å². The molecule has 0 radical (unpaired) electrons. The number of nitrogens with one attached hydrogen (secondary N) is 1. The van der Waals surface area contributed by atoms with Gasteiger partial charge in [-0.25, -0.2) is 4.39 Å². The lowest BCUT2D eigenvalue weighted by Crippen LogP contribution is -2.40. The van der Waals surface area contributed by atoms with Gasteiger partial charge in [0, 0.05) is 22.7 Å². The highest BCUT2D eigenvalue weighted by atomic mass is 35.5. The summed E-state index contributed by atoms with van der Waals surface area (Å²) in [6.07, 6.45) is 0.510. The Balaban J connectivity index is 0.00000529. The molecule has 1 amide bonds. The number of hydrogen-bond donors (Lipinski definition) is 2. The van der Waals surface area contributed by atoms with Crippen molar-refractivity contribution < 1.29 is 13.9 Å². The summed E-state index contributed by atoms with van der Waals surface area (Å²) in [5, 5.41) is 2.89. The molecule has 0 fully saturated rings. The van der Waals surface area contributed by atoms with Crippen LogP contribution < -0.4 is 15.8 Å². The van der Waals surface area contributed by atoms with E-state index in [0.717, 1.165) is 0 Å². The zero-order valence-corrected chi connectivity index (χ0v) is 15.7. The Bertz CT molecular complexity index is 551. The average molecular weight is 359 g/mol. The number of amides is 1. The fourth-order valence-corrected chi connectivity index (χ4v) is 1.91. The minimum atomic E-state index is -0.378. The number of ether oxygens (including phenoxy) is 1. The molecule has 1 rings (SSSR count). The molecule has 0 heterocycles. The molecule has 4 nitrogen and oxygen atoms in total. The van der Waals surface area contributed by atoms with Crippen molar-refractivity contribution in [2.24, 2.45) is 11.7 Å². The number of rotatable bonds is 6. The van der Waals surface area contributed by atoms with E-state index >= 15 is 0 Å². The van der Waals surface area contributed by atoms with E-state index < -0.39 is 0 Å². The van der Waals surface area contributed by atoms with E-state index in [4.69, 9.17) is 10.5 Å². The van der Waals surface area contributed by atoms with E-state index in [0.29, 0.717) is 23.2 Å². The van der Waals surface area contributed by atoms with Gasteiger partial charge in [0.25, 0.3) is 5.91 Å². The van der Waals surface area contributed by atoms with Gasteiger partial charge in [0.1, 0.15) is 12.4 Å². The molecule has 1 aromatic carbocycles. The minimum Gasteiger partial charge on any atom is -0.489 e. The van der Waals surface area contributed by atoms with Crippen LogP contribution in [0.3, 0.4) is 0 Å². The molecule has 0 spiro atoms. The SMILES string of the molecule is CC(C)[C@H](N)/C(=C\F)COc1ccc(C(=O)NC(C)(C)C)cc1.Cl. The normalized spacial score (nSPS) is 13.2. The minimum absolute atomic E-state index is 0. The molecule has 6 heteroatoms. The van der Waals surface area contributed by atoms with E-state index in [1.165, 1.54) is 0 Å². The highest BCUT2D eigenvalue weighted by molar-refractivity contribution is 5.94. The van der Waals surface area contributed by atoms with Crippen LogP contribution in [-0.4, -0.2) is 24.1 Å². The van der Waals surface area contributed by atoms with E-state index in [2.05, 4.69) is 5.32 Å². The van der Waals surface area contributed by atoms with Gasteiger partial charge in [-0.1, -0.05) is 13.8 Å². The molecular formula is C18H28ClFN2O2. The first-order valence-corrected chi connectivity index (χ1v) is 7.74. The molecule has 24 heavy (non-hydrogen) atoms. The molecule has 0 bridgehead atoms. The van der Waals surface area contributed by atoms with Crippen molar-refractivity contribution in [3.63, 3.8) is 0 Å². The third kappa shape index (κ3) is 7.32. The predicted molar refractivity (Wildman–Crippen MR) is 98.4 cm³/mol. The summed E-state index contributed by atoms with van der Waals surface area (Å²) in [6, 6.07) is 6.36. The maximum Gasteiger partial charge on any atom is 0.251 e. The van der Waals surface area contributed by atoms with Gasteiger partial charge in [-0.3, -0.25) is 4.79 Å². The summed E-state index contributed by atoms with van der Waals surface area (Å²) in [4.78, 5) is 12.0. The summed E-state index contributed by atoms with van der Waals surface area (Å²) < 4.78 is 18.5. The monoisotopic (exact) mass is 358 g/mol. The van der Waals surface area contributed by atoms with Gasteiger partial charge in [-0.2, -0.15) is 0 Å². The first-order chi connectivity index (χ1) is 10.6. The topological polar surface area (TPSA) is 64.3 Å². The lowest BCUT2D eigenvalue weighted by atomic mass is 9.98. The molecule has 0 unspecified atom stereocenters. The van der Waals surface area contributed by atoms with Crippen molar-refractivity contribution in [1.29, 1.82) is 0 Å². The Labute approximate surface area is 150 Å². The second-order valence-corrected chi connectivity index (χ2v) is 6.97. The molecule has 1 atom stereocenters. The van der Waals surface area contributed by atoms with Crippen LogP contribution in [0.2, 0.25) is 0 Å². The van der Waals surface area contributed by atoms with Crippen LogP contribution in [0.1, 0.15) is 45.0 Å². The number of hydrogen-bond acceptors (Lipinski definition) is 3.